The van der Waals surface area contributed by atoms with Gasteiger partial charge in [-0.05, 0) is 121 Å². The largest absolute Gasteiger partial charge is 0.508 e. The smallest absolute Gasteiger partial charge is 0.213 e. The van der Waals surface area contributed by atoms with Crippen molar-refractivity contribution in [2.75, 3.05) is 31.2 Å². The molecule has 66 heavy (non-hydrogen) atoms. The summed E-state index contributed by atoms with van der Waals surface area (Å²) in [6.07, 6.45) is 2.40. The Balaban J connectivity index is 0.000000190. The van der Waals surface area contributed by atoms with E-state index in [0.29, 0.717) is 17.7 Å². The van der Waals surface area contributed by atoms with Gasteiger partial charge >= 0.3 is 0 Å². The average molecular weight is 898 g/mol. The Morgan fingerprint density at radius 1 is 0.485 bits per heavy atom. The van der Waals surface area contributed by atoms with Crippen molar-refractivity contribution in [1.29, 1.82) is 0 Å². The maximum absolute atomic E-state index is 13.0. The van der Waals surface area contributed by atoms with Crippen LogP contribution in [0.5, 0.6) is 11.5 Å². The SMILES string of the molecule is CCC(=NN(C)c1ccccc1)c1ccc(Cl)cc1.CCC(=NN(C)c1ccccc1)c1ccc(OC)cc1.CCC(=NN=C(C(=O)c1ccccc1)c1ccccc1)c1ccc(O)cc1. The number of phenolic OH excluding ortho intramolecular Hbond substituents is 1. The van der Waals surface area contributed by atoms with Crippen LogP contribution in [0, 0.1) is 0 Å². The zero-order chi connectivity index (χ0) is 47.1. The molecule has 336 valence electrons. The lowest BCUT2D eigenvalue weighted by Gasteiger charge is -2.15. The van der Waals surface area contributed by atoms with Gasteiger partial charge in [0, 0.05) is 30.2 Å². The van der Waals surface area contributed by atoms with Gasteiger partial charge in [0.25, 0.3) is 0 Å². The highest BCUT2D eigenvalue weighted by Gasteiger charge is 2.16. The number of hydrogen-bond donors (Lipinski definition) is 1. The number of carbonyl (C=O) groups excluding carboxylic acids is 1. The van der Waals surface area contributed by atoms with Crippen molar-refractivity contribution in [2.24, 2.45) is 20.4 Å². The average Bonchev–Trinajstić information content (AvgIpc) is 3.38. The summed E-state index contributed by atoms with van der Waals surface area (Å²) in [7, 11) is 5.60. The van der Waals surface area contributed by atoms with Gasteiger partial charge in [-0.15, -0.1) is 5.10 Å². The summed E-state index contributed by atoms with van der Waals surface area (Å²) >= 11 is 5.91. The quantitative estimate of drug-likeness (QED) is 0.0627. The van der Waals surface area contributed by atoms with Crippen LogP contribution in [0.25, 0.3) is 0 Å². The molecule has 0 saturated carbocycles. The molecule has 7 aromatic carbocycles. The van der Waals surface area contributed by atoms with E-state index in [1.54, 1.807) is 43.5 Å². The number of halogens is 1. The fourth-order valence-corrected chi connectivity index (χ4v) is 6.64. The molecule has 10 heteroatoms. The third-order valence-corrected chi connectivity index (χ3v) is 10.4. The third kappa shape index (κ3) is 15.0. The molecule has 0 atom stereocenters. The van der Waals surface area contributed by atoms with Crippen molar-refractivity contribution in [3.05, 3.63) is 227 Å². The first-order chi connectivity index (χ1) is 32.1. The molecule has 0 aliphatic heterocycles. The van der Waals surface area contributed by atoms with Gasteiger partial charge in [0.05, 0.1) is 35.6 Å². The number of Topliss-reactive ketones (excluding diaryl/α,β-unsaturated/α-hetero) is 1. The van der Waals surface area contributed by atoms with Gasteiger partial charge in [-0.2, -0.15) is 15.3 Å². The fourth-order valence-electron chi connectivity index (χ4n) is 6.51. The Hall–Kier alpha value is -7.62. The maximum atomic E-state index is 13.0. The van der Waals surface area contributed by atoms with Gasteiger partial charge in [-0.1, -0.05) is 142 Å². The van der Waals surface area contributed by atoms with Crippen LogP contribution in [0.2, 0.25) is 5.02 Å². The van der Waals surface area contributed by atoms with Crippen LogP contribution in [0.1, 0.15) is 72.6 Å². The van der Waals surface area contributed by atoms with E-state index in [4.69, 9.17) is 21.4 Å². The number of nitrogens with zero attached hydrogens (tertiary/aromatic N) is 6. The number of ether oxygens (including phenoxy) is 1. The first kappa shape index (κ1) is 49.4. The Labute approximate surface area is 394 Å². The summed E-state index contributed by atoms with van der Waals surface area (Å²) in [6.45, 7) is 6.19. The number of benzene rings is 7. The van der Waals surface area contributed by atoms with Crippen LogP contribution in [-0.4, -0.2) is 54.9 Å². The lowest BCUT2D eigenvalue weighted by Crippen LogP contribution is -2.16. The molecule has 9 nitrogen and oxygen atoms in total. The molecule has 0 saturated heterocycles. The Kier molecular flexibility index (Phi) is 19.6. The molecule has 0 aromatic heterocycles. The molecule has 0 fully saturated rings. The number of methoxy groups -OCH3 is 1. The van der Waals surface area contributed by atoms with Gasteiger partial charge in [-0.3, -0.25) is 14.8 Å². The first-order valence-corrected chi connectivity index (χ1v) is 22.2. The molecule has 1 N–H and O–H groups in total. The van der Waals surface area contributed by atoms with E-state index in [1.165, 1.54) is 0 Å². The van der Waals surface area contributed by atoms with Gasteiger partial charge in [0.1, 0.15) is 17.2 Å². The van der Waals surface area contributed by atoms with Crippen LogP contribution >= 0.6 is 11.6 Å². The van der Waals surface area contributed by atoms with E-state index in [1.807, 2.05) is 189 Å². The van der Waals surface area contributed by atoms with Crippen molar-refractivity contribution >= 4 is 51.6 Å². The van der Waals surface area contributed by atoms with Crippen LogP contribution < -0.4 is 14.8 Å². The number of phenols is 1. The van der Waals surface area contributed by atoms with Gasteiger partial charge < -0.3 is 9.84 Å². The van der Waals surface area contributed by atoms with Crippen LogP contribution in [0.15, 0.2) is 215 Å². The highest BCUT2D eigenvalue weighted by molar-refractivity contribution is 6.51. The molecule has 0 radical (unpaired) electrons. The van der Waals surface area contributed by atoms with E-state index in [2.05, 4.69) is 29.2 Å². The molecular weight excluding hydrogens is 840 g/mol. The van der Waals surface area contributed by atoms with Crippen molar-refractivity contribution < 1.29 is 14.6 Å². The van der Waals surface area contributed by atoms with E-state index in [0.717, 1.165) is 74.4 Å². The van der Waals surface area contributed by atoms with Crippen molar-refractivity contribution in [3.63, 3.8) is 0 Å². The Bertz CT molecular complexity index is 2660. The van der Waals surface area contributed by atoms with E-state index in [9.17, 15) is 9.90 Å². The van der Waals surface area contributed by atoms with E-state index >= 15 is 0 Å². The zero-order valence-electron chi connectivity index (χ0n) is 38.4. The van der Waals surface area contributed by atoms with Crippen LogP contribution in [-0.2, 0) is 0 Å². The summed E-state index contributed by atoms with van der Waals surface area (Å²) in [4.78, 5) is 13.0. The summed E-state index contributed by atoms with van der Waals surface area (Å²) in [5, 5.41) is 32.1. The minimum absolute atomic E-state index is 0.174. The number of carbonyl (C=O) groups is 1. The highest BCUT2D eigenvalue weighted by atomic mass is 35.5. The number of anilines is 2. The molecule has 0 spiro atoms. The summed E-state index contributed by atoms with van der Waals surface area (Å²) in [5.74, 6) is 0.884. The molecule has 0 bridgehead atoms. The summed E-state index contributed by atoms with van der Waals surface area (Å²) in [5.41, 5.74) is 9.66. The van der Waals surface area contributed by atoms with Gasteiger partial charge in [-0.25, -0.2) is 0 Å². The molecule has 7 aromatic rings. The molecule has 0 aliphatic carbocycles. The lowest BCUT2D eigenvalue weighted by molar-refractivity contribution is 0.106. The van der Waals surface area contributed by atoms with Crippen molar-refractivity contribution in [2.45, 2.75) is 40.0 Å². The predicted octanol–water partition coefficient (Wildman–Crippen LogP) is 13.4. The molecular formula is C56H57ClN6O3. The second-order valence-electron chi connectivity index (χ2n) is 14.7. The Morgan fingerprint density at radius 2 is 0.864 bits per heavy atom. The molecule has 0 aliphatic rings. The first-order valence-electron chi connectivity index (χ1n) is 21.9. The van der Waals surface area contributed by atoms with Crippen LogP contribution in [0.4, 0.5) is 11.4 Å². The fraction of sp³-hybridized carbons (Fsp3) is 0.161. The predicted molar refractivity (Wildman–Crippen MR) is 276 cm³/mol. The van der Waals surface area contributed by atoms with Crippen molar-refractivity contribution in [1.82, 2.24) is 0 Å². The second kappa shape index (κ2) is 26.2. The highest BCUT2D eigenvalue weighted by Crippen LogP contribution is 2.19. The maximum Gasteiger partial charge on any atom is 0.213 e. The monoisotopic (exact) mass is 896 g/mol. The summed E-state index contributed by atoms with van der Waals surface area (Å²) in [6, 6.07) is 61.2. The lowest BCUT2D eigenvalue weighted by atomic mass is 10.0. The number of ketones is 1. The molecule has 0 heterocycles. The second-order valence-corrected chi connectivity index (χ2v) is 15.1. The molecule has 0 unspecified atom stereocenters. The van der Waals surface area contributed by atoms with Gasteiger partial charge in [0.2, 0.25) is 5.78 Å². The number of hydrogen-bond acceptors (Lipinski definition) is 9. The normalized spacial score (nSPS) is 11.6. The zero-order valence-corrected chi connectivity index (χ0v) is 39.2. The Morgan fingerprint density at radius 3 is 1.29 bits per heavy atom. The topological polar surface area (TPSA) is 102 Å². The number of hydrazone groups is 2. The van der Waals surface area contributed by atoms with E-state index < -0.39 is 0 Å². The van der Waals surface area contributed by atoms with E-state index in [-0.39, 0.29) is 11.5 Å². The van der Waals surface area contributed by atoms with Gasteiger partial charge in [0.15, 0.2) is 0 Å². The molecule has 7 rings (SSSR count). The summed E-state index contributed by atoms with van der Waals surface area (Å²) < 4.78 is 5.18. The number of para-hydroxylation sites is 2. The minimum atomic E-state index is -0.174. The minimum Gasteiger partial charge on any atom is -0.508 e. The standard InChI is InChI=1S/C23H20N2O2.C17H20N2O.C16H17ClN2/c1-2-21(17-13-15-20(26)16-14-17)24-25-22(18-9-5-3-6-10-18)23(27)19-11-7-4-8-12-19;1-4-17(14-10-12-16(20-3)13-11-14)18-19(2)15-8-6-5-7-9-15;1-3-16(13-9-11-14(17)12-10-13)18-19(2)15-7-5-4-6-8-15/h3-16,26H,2H2,1H3;5-13H,4H2,1-3H3;4-12H,3H2,1-2H3. The van der Waals surface area contributed by atoms with Crippen LogP contribution in [0.3, 0.4) is 0 Å². The number of rotatable bonds is 15. The molecule has 0 amide bonds. The third-order valence-electron chi connectivity index (χ3n) is 10.2. The van der Waals surface area contributed by atoms with Crippen molar-refractivity contribution in [3.8, 4) is 11.5 Å². The number of aromatic hydroxyl groups is 1.